The molecule has 0 amide bonds. The standard InChI is InChI=1S/C7H11NO.C3H11N5/c9-4-5-3-6-1-2-7(5)8-6;1-6-2-3(7-4)8-5/h4-8H,1-3H2;6H,2,4-5H2,1H3,(H,7,8). The second kappa shape index (κ2) is 7.21. The van der Waals surface area contributed by atoms with Gasteiger partial charge in [0, 0.05) is 18.0 Å². The number of hydrazone groups is 1. The summed E-state index contributed by atoms with van der Waals surface area (Å²) in [6, 6.07) is 1.21. The number of aldehydes is 1. The first-order valence-corrected chi connectivity index (χ1v) is 5.84. The van der Waals surface area contributed by atoms with Crippen LogP contribution in [0.5, 0.6) is 0 Å². The number of nitrogens with two attached hydrogens (primary N) is 2. The minimum Gasteiger partial charge on any atom is -0.321 e. The Hall–Kier alpha value is -1.18. The topological polar surface area (TPSA) is 118 Å². The van der Waals surface area contributed by atoms with Gasteiger partial charge >= 0.3 is 0 Å². The van der Waals surface area contributed by atoms with E-state index in [9.17, 15) is 4.79 Å². The monoisotopic (exact) mass is 242 g/mol. The predicted octanol–water partition coefficient (Wildman–Crippen LogP) is -1.73. The van der Waals surface area contributed by atoms with Crippen molar-refractivity contribution in [3.63, 3.8) is 0 Å². The van der Waals surface area contributed by atoms with Crippen LogP contribution in [0.4, 0.5) is 0 Å². The van der Waals surface area contributed by atoms with Crippen LogP contribution in [0.15, 0.2) is 5.10 Å². The van der Waals surface area contributed by atoms with Gasteiger partial charge in [-0.15, -0.1) is 0 Å². The average molecular weight is 242 g/mol. The van der Waals surface area contributed by atoms with Gasteiger partial charge in [-0.1, -0.05) is 0 Å². The Kier molecular flexibility index (Phi) is 5.88. The molecular formula is C10H22N6O. The molecule has 0 saturated carbocycles. The lowest BCUT2D eigenvalue weighted by molar-refractivity contribution is -0.111. The van der Waals surface area contributed by atoms with Crippen molar-refractivity contribution in [1.82, 2.24) is 16.1 Å². The highest BCUT2D eigenvalue weighted by molar-refractivity contribution is 5.83. The van der Waals surface area contributed by atoms with Crippen LogP contribution in [0.25, 0.3) is 0 Å². The van der Waals surface area contributed by atoms with E-state index in [1.54, 1.807) is 7.05 Å². The van der Waals surface area contributed by atoms with E-state index in [0.717, 1.165) is 12.7 Å². The minimum atomic E-state index is 0.337. The van der Waals surface area contributed by atoms with Gasteiger partial charge in [-0.05, 0) is 26.3 Å². The van der Waals surface area contributed by atoms with Crippen LogP contribution in [0.3, 0.4) is 0 Å². The fourth-order valence-corrected chi connectivity index (χ4v) is 2.32. The van der Waals surface area contributed by atoms with Crippen LogP contribution in [-0.4, -0.2) is 37.8 Å². The van der Waals surface area contributed by atoms with Crippen molar-refractivity contribution in [2.75, 3.05) is 13.6 Å². The van der Waals surface area contributed by atoms with Crippen molar-refractivity contribution < 1.29 is 4.79 Å². The molecule has 2 bridgehead atoms. The van der Waals surface area contributed by atoms with E-state index in [1.165, 1.54) is 12.8 Å². The Labute approximate surface area is 101 Å². The zero-order chi connectivity index (χ0) is 12.7. The number of hydrogen-bond acceptors (Lipinski definition) is 6. The van der Waals surface area contributed by atoms with Crippen LogP contribution in [-0.2, 0) is 4.79 Å². The molecule has 17 heavy (non-hydrogen) atoms. The van der Waals surface area contributed by atoms with Gasteiger partial charge in [0.25, 0.3) is 0 Å². The lowest BCUT2D eigenvalue weighted by Gasteiger charge is -2.12. The first-order valence-electron chi connectivity index (χ1n) is 5.84. The molecule has 2 rings (SSSR count). The Balaban J connectivity index is 0.000000172. The number of rotatable bonds is 3. The Morgan fingerprint density at radius 3 is 2.59 bits per heavy atom. The largest absolute Gasteiger partial charge is 0.321 e. The summed E-state index contributed by atoms with van der Waals surface area (Å²) < 4.78 is 0. The number of carbonyl (C=O) groups is 1. The molecule has 0 aromatic rings. The molecule has 0 aliphatic carbocycles. The summed E-state index contributed by atoms with van der Waals surface area (Å²) in [4.78, 5) is 10.4. The van der Waals surface area contributed by atoms with E-state index < -0.39 is 0 Å². The van der Waals surface area contributed by atoms with E-state index >= 15 is 0 Å². The van der Waals surface area contributed by atoms with E-state index in [0.29, 0.717) is 30.4 Å². The van der Waals surface area contributed by atoms with Gasteiger partial charge in [-0.25, -0.2) is 5.84 Å². The van der Waals surface area contributed by atoms with Gasteiger partial charge in [-0.2, -0.15) is 5.10 Å². The van der Waals surface area contributed by atoms with Gasteiger partial charge in [-0.3, -0.25) is 0 Å². The second-order valence-corrected chi connectivity index (χ2v) is 4.33. The van der Waals surface area contributed by atoms with Crippen molar-refractivity contribution in [2.24, 2.45) is 22.7 Å². The number of hydrogen-bond donors (Lipinski definition) is 5. The highest BCUT2D eigenvalue weighted by atomic mass is 16.1. The van der Waals surface area contributed by atoms with Crippen LogP contribution < -0.4 is 27.7 Å². The summed E-state index contributed by atoms with van der Waals surface area (Å²) in [6.45, 7) is 0.562. The number of hydrazine groups is 1. The first kappa shape index (κ1) is 13.9. The van der Waals surface area contributed by atoms with Crippen LogP contribution >= 0.6 is 0 Å². The third kappa shape index (κ3) is 3.95. The quantitative estimate of drug-likeness (QED) is 0.132. The molecule has 2 aliphatic rings. The molecular weight excluding hydrogens is 220 g/mol. The average Bonchev–Trinajstić information content (AvgIpc) is 2.98. The molecule has 7 N–H and O–H groups in total. The molecule has 0 radical (unpaired) electrons. The van der Waals surface area contributed by atoms with Gasteiger partial charge in [0.1, 0.15) is 12.1 Å². The number of carbonyl (C=O) groups excluding carboxylic acids is 1. The lowest BCUT2D eigenvalue weighted by atomic mass is 9.91. The zero-order valence-electron chi connectivity index (χ0n) is 10.1. The fourth-order valence-electron chi connectivity index (χ4n) is 2.32. The Bertz CT molecular complexity index is 270. The fraction of sp³-hybridized carbons (Fsp3) is 0.800. The zero-order valence-corrected chi connectivity index (χ0v) is 10.1. The van der Waals surface area contributed by atoms with Crippen LogP contribution in [0.2, 0.25) is 0 Å². The summed E-state index contributed by atoms with van der Waals surface area (Å²) in [7, 11) is 1.78. The molecule has 0 aromatic carbocycles. The maximum absolute atomic E-state index is 10.4. The van der Waals surface area contributed by atoms with Gasteiger partial charge in [0.2, 0.25) is 0 Å². The summed E-state index contributed by atoms with van der Waals surface area (Å²) in [5.74, 6) is 10.7. The summed E-state index contributed by atoms with van der Waals surface area (Å²) in [6.07, 6.45) is 4.70. The second-order valence-electron chi connectivity index (χ2n) is 4.33. The number of fused-ring (bicyclic) bond motifs is 2. The van der Waals surface area contributed by atoms with Crippen molar-refractivity contribution in [3.8, 4) is 0 Å². The number of nitrogens with zero attached hydrogens (tertiary/aromatic N) is 1. The molecule has 0 aromatic heterocycles. The number of amidine groups is 1. The molecule has 98 valence electrons. The molecule has 7 nitrogen and oxygen atoms in total. The summed E-state index contributed by atoms with van der Waals surface area (Å²) in [5, 5.41) is 9.53. The number of nitrogens with one attached hydrogen (secondary N) is 3. The molecule has 3 atom stereocenters. The third-order valence-corrected chi connectivity index (χ3v) is 3.19. The van der Waals surface area contributed by atoms with E-state index in [4.69, 9.17) is 11.7 Å². The van der Waals surface area contributed by atoms with Gasteiger partial charge in [0.05, 0.1) is 6.54 Å². The Morgan fingerprint density at radius 2 is 2.35 bits per heavy atom. The Morgan fingerprint density at radius 1 is 1.59 bits per heavy atom. The van der Waals surface area contributed by atoms with Gasteiger partial charge in [0.15, 0.2) is 0 Å². The molecule has 2 fully saturated rings. The van der Waals surface area contributed by atoms with E-state index in [1.807, 2.05) is 0 Å². The molecule has 3 unspecified atom stereocenters. The third-order valence-electron chi connectivity index (χ3n) is 3.19. The maximum atomic E-state index is 10.4. The highest BCUT2D eigenvalue weighted by Crippen LogP contribution is 2.31. The van der Waals surface area contributed by atoms with Crippen molar-refractivity contribution in [3.05, 3.63) is 0 Å². The predicted molar refractivity (Wildman–Crippen MR) is 67.0 cm³/mol. The minimum absolute atomic E-state index is 0.337. The molecule has 2 aliphatic heterocycles. The van der Waals surface area contributed by atoms with E-state index in [2.05, 4.69) is 21.2 Å². The lowest BCUT2D eigenvalue weighted by Crippen LogP contribution is -2.37. The van der Waals surface area contributed by atoms with Crippen molar-refractivity contribution in [2.45, 2.75) is 31.3 Å². The van der Waals surface area contributed by atoms with Crippen LogP contribution in [0.1, 0.15) is 19.3 Å². The molecule has 2 heterocycles. The summed E-state index contributed by atoms with van der Waals surface area (Å²) in [5.41, 5.74) is 2.32. The highest BCUT2D eigenvalue weighted by Gasteiger charge is 2.38. The normalized spacial score (nSPS) is 30.7. The smallest absolute Gasteiger partial charge is 0.149 e. The first-order chi connectivity index (χ1) is 8.24. The maximum Gasteiger partial charge on any atom is 0.149 e. The number of likely N-dealkylation sites (N-methyl/N-ethyl adjacent to an activating group) is 1. The molecule has 7 heteroatoms. The SMILES string of the molecule is CNC/C(=N/N)NN.O=CC1CC2CCC1N2. The van der Waals surface area contributed by atoms with Crippen LogP contribution in [0, 0.1) is 5.92 Å². The summed E-state index contributed by atoms with van der Waals surface area (Å²) >= 11 is 0. The molecule has 2 saturated heterocycles. The van der Waals surface area contributed by atoms with Crippen molar-refractivity contribution in [1.29, 1.82) is 0 Å². The van der Waals surface area contributed by atoms with Crippen molar-refractivity contribution >= 4 is 12.1 Å². The van der Waals surface area contributed by atoms with Gasteiger partial charge < -0.3 is 26.7 Å². The molecule has 0 spiro atoms. The van der Waals surface area contributed by atoms with E-state index in [-0.39, 0.29) is 0 Å².